The van der Waals surface area contributed by atoms with Gasteiger partial charge >= 0.3 is 0 Å². The van der Waals surface area contributed by atoms with Gasteiger partial charge < -0.3 is 10.4 Å². The number of rotatable bonds is 4. The fourth-order valence-electron chi connectivity index (χ4n) is 1.40. The Morgan fingerprint density at radius 2 is 2.18 bits per heavy atom. The number of amides is 1. The number of benzene rings is 1. The van der Waals surface area contributed by atoms with Crippen molar-refractivity contribution < 1.29 is 14.3 Å². The summed E-state index contributed by atoms with van der Waals surface area (Å²) in [6.07, 6.45) is 0.436. The van der Waals surface area contributed by atoms with Gasteiger partial charge in [0.05, 0.1) is 10.0 Å². The molecule has 0 aliphatic rings. The minimum Gasteiger partial charge on any atom is -0.396 e. The van der Waals surface area contributed by atoms with E-state index in [1.54, 1.807) is 13.8 Å². The van der Waals surface area contributed by atoms with E-state index in [0.717, 1.165) is 0 Å². The summed E-state index contributed by atoms with van der Waals surface area (Å²) in [5.41, 5.74) is -0.284. The zero-order chi connectivity index (χ0) is 13.1. The van der Waals surface area contributed by atoms with Gasteiger partial charge in [-0.25, -0.2) is 4.39 Å². The number of carbonyl (C=O) groups excluding carboxylic acids is 1. The number of halogens is 2. The minimum absolute atomic E-state index is 0.0163. The van der Waals surface area contributed by atoms with Crippen molar-refractivity contribution in [3.63, 3.8) is 0 Å². The second-order valence-electron chi connectivity index (χ2n) is 4.41. The van der Waals surface area contributed by atoms with Gasteiger partial charge in [0.2, 0.25) is 0 Å². The molecule has 0 aliphatic carbocycles. The predicted octanol–water partition coefficient (Wildman–Crippen LogP) is 2.48. The van der Waals surface area contributed by atoms with Crippen LogP contribution in [0.25, 0.3) is 0 Å². The second-order valence-corrected chi connectivity index (χ2v) is 5.21. The molecular formula is C12H15BrFNO2. The molecule has 0 aromatic heterocycles. The molecule has 94 valence electrons. The fraction of sp³-hybridized carbons (Fsp3) is 0.417. The average molecular weight is 304 g/mol. The zero-order valence-corrected chi connectivity index (χ0v) is 11.3. The molecule has 0 heterocycles. The lowest BCUT2D eigenvalue weighted by Crippen LogP contribution is -2.44. The molecule has 0 atom stereocenters. The van der Waals surface area contributed by atoms with Crippen LogP contribution in [0.1, 0.15) is 30.6 Å². The summed E-state index contributed by atoms with van der Waals surface area (Å²) >= 11 is 3.04. The van der Waals surface area contributed by atoms with E-state index in [9.17, 15) is 9.18 Å². The predicted molar refractivity (Wildman–Crippen MR) is 67.3 cm³/mol. The van der Waals surface area contributed by atoms with E-state index in [-0.39, 0.29) is 22.6 Å². The molecule has 1 aromatic carbocycles. The van der Waals surface area contributed by atoms with Crippen molar-refractivity contribution in [3.8, 4) is 0 Å². The zero-order valence-electron chi connectivity index (χ0n) is 9.76. The highest BCUT2D eigenvalue weighted by Crippen LogP contribution is 2.21. The molecule has 0 bridgehead atoms. The highest BCUT2D eigenvalue weighted by Gasteiger charge is 2.22. The molecule has 1 aromatic rings. The minimum atomic E-state index is -0.530. The molecular weight excluding hydrogens is 289 g/mol. The molecule has 1 rings (SSSR count). The van der Waals surface area contributed by atoms with E-state index in [1.165, 1.54) is 18.2 Å². The van der Waals surface area contributed by atoms with Gasteiger partial charge in [0.25, 0.3) is 5.91 Å². The molecule has 0 radical (unpaired) electrons. The summed E-state index contributed by atoms with van der Waals surface area (Å²) in [5, 5.41) is 11.6. The number of aliphatic hydroxyl groups is 1. The van der Waals surface area contributed by atoms with Crippen LogP contribution >= 0.6 is 15.9 Å². The first kappa shape index (κ1) is 14.1. The van der Waals surface area contributed by atoms with Crippen molar-refractivity contribution in [3.05, 3.63) is 34.1 Å². The van der Waals surface area contributed by atoms with Gasteiger partial charge in [0.15, 0.2) is 0 Å². The topological polar surface area (TPSA) is 49.3 Å². The molecule has 1 amide bonds. The molecule has 0 fully saturated rings. The van der Waals surface area contributed by atoms with Crippen LogP contribution in [0.15, 0.2) is 22.7 Å². The van der Waals surface area contributed by atoms with Gasteiger partial charge in [-0.1, -0.05) is 6.07 Å². The number of aliphatic hydroxyl groups excluding tert-OH is 1. The summed E-state index contributed by atoms with van der Waals surface area (Å²) in [6, 6.07) is 4.30. The standard InChI is InChI=1S/C12H15BrFNO2/c1-12(2,6-7-16)15-11(17)8-4-3-5-9(14)10(8)13/h3-5,16H,6-7H2,1-2H3,(H,15,17). The summed E-state index contributed by atoms with van der Waals surface area (Å²) in [6.45, 7) is 3.58. The van der Waals surface area contributed by atoms with Gasteiger partial charge in [0.1, 0.15) is 5.82 Å². The first-order chi connectivity index (χ1) is 7.87. The van der Waals surface area contributed by atoms with Crippen LogP contribution in [-0.2, 0) is 0 Å². The third-order valence-electron chi connectivity index (χ3n) is 2.38. The summed E-state index contributed by atoms with van der Waals surface area (Å²) in [7, 11) is 0. The lowest BCUT2D eigenvalue weighted by atomic mass is 10.0. The number of hydrogen-bond acceptors (Lipinski definition) is 2. The van der Waals surface area contributed by atoms with Gasteiger partial charge in [-0.2, -0.15) is 0 Å². The maximum absolute atomic E-state index is 13.3. The first-order valence-electron chi connectivity index (χ1n) is 5.25. The number of hydrogen-bond donors (Lipinski definition) is 2. The third kappa shape index (κ3) is 3.78. The molecule has 0 aliphatic heterocycles. The van der Waals surface area contributed by atoms with Crippen molar-refractivity contribution in [2.75, 3.05) is 6.61 Å². The van der Waals surface area contributed by atoms with E-state index in [0.29, 0.717) is 6.42 Å². The van der Waals surface area contributed by atoms with Crippen molar-refractivity contribution in [1.29, 1.82) is 0 Å². The van der Waals surface area contributed by atoms with E-state index >= 15 is 0 Å². The van der Waals surface area contributed by atoms with Crippen molar-refractivity contribution in [2.24, 2.45) is 0 Å². The molecule has 2 N–H and O–H groups in total. The quantitative estimate of drug-likeness (QED) is 0.898. The SMILES string of the molecule is CC(C)(CCO)NC(=O)c1cccc(F)c1Br. The maximum Gasteiger partial charge on any atom is 0.252 e. The van der Waals surface area contributed by atoms with E-state index < -0.39 is 11.4 Å². The molecule has 0 saturated carbocycles. The second kappa shape index (κ2) is 5.60. The Kier molecular flexibility index (Phi) is 4.65. The average Bonchev–Trinajstić information content (AvgIpc) is 2.21. The first-order valence-corrected chi connectivity index (χ1v) is 6.04. The Hall–Kier alpha value is -0.940. The maximum atomic E-state index is 13.3. The molecule has 3 nitrogen and oxygen atoms in total. The molecule has 0 saturated heterocycles. The van der Waals surface area contributed by atoms with E-state index in [1.807, 2.05) is 0 Å². The normalized spacial score (nSPS) is 11.4. The molecule has 5 heteroatoms. The largest absolute Gasteiger partial charge is 0.396 e. The molecule has 0 spiro atoms. The fourth-order valence-corrected chi connectivity index (χ4v) is 1.84. The van der Waals surface area contributed by atoms with Crippen LogP contribution in [0.5, 0.6) is 0 Å². The lowest BCUT2D eigenvalue weighted by Gasteiger charge is -2.25. The summed E-state index contributed by atoms with van der Waals surface area (Å²) < 4.78 is 13.4. The van der Waals surface area contributed by atoms with Gasteiger partial charge in [-0.3, -0.25) is 4.79 Å². The Balaban J connectivity index is 2.87. The highest BCUT2D eigenvalue weighted by molar-refractivity contribution is 9.10. The third-order valence-corrected chi connectivity index (χ3v) is 3.19. The van der Waals surface area contributed by atoms with Crippen molar-refractivity contribution >= 4 is 21.8 Å². The molecule has 0 unspecified atom stereocenters. The van der Waals surface area contributed by atoms with Crippen LogP contribution in [0.4, 0.5) is 4.39 Å². The van der Waals surface area contributed by atoms with Gasteiger partial charge in [0, 0.05) is 12.1 Å². The Morgan fingerprint density at radius 1 is 1.53 bits per heavy atom. The van der Waals surface area contributed by atoms with E-state index in [4.69, 9.17) is 5.11 Å². The lowest BCUT2D eigenvalue weighted by molar-refractivity contribution is 0.0898. The van der Waals surface area contributed by atoms with Crippen molar-refractivity contribution in [2.45, 2.75) is 25.8 Å². The van der Waals surface area contributed by atoms with Gasteiger partial charge in [-0.15, -0.1) is 0 Å². The highest BCUT2D eigenvalue weighted by atomic mass is 79.9. The van der Waals surface area contributed by atoms with Crippen LogP contribution in [-0.4, -0.2) is 23.2 Å². The Bertz CT molecular complexity index is 421. The van der Waals surface area contributed by atoms with Gasteiger partial charge in [-0.05, 0) is 48.3 Å². The smallest absolute Gasteiger partial charge is 0.252 e. The number of carbonyl (C=O) groups is 1. The van der Waals surface area contributed by atoms with Crippen LogP contribution in [0.2, 0.25) is 0 Å². The van der Waals surface area contributed by atoms with Crippen LogP contribution < -0.4 is 5.32 Å². The van der Waals surface area contributed by atoms with Crippen LogP contribution in [0, 0.1) is 5.82 Å². The Morgan fingerprint density at radius 3 is 2.76 bits per heavy atom. The van der Waals surface area contributed by atoms with E-state index in [2.05, 4.69) is 21.2 Å². The van der Waals surface area contributed by atoms with Crippen LogP contribution in [0.3, 0.4) is 0 Å². The Labute approximate surface area is 108 Å². The molecule has 17 heavy (non-hydrogen) atoms. The summed E-state index contributed by atoms with van der Waals surface area (Å²) in [5.74, 6) is -0.840. The van der Waals surface area contributed by atoms with Crippen molar-refractivity contribution in [1.82, 2.24) is 5.32 Å². The summed E-state index contributed by atoms with van der Waals surface area (Å²) in [4.78, 5) is 11.9. The number of nitrogens with one attached hydrogen (secondary N) is 1. The monoisotopic (exact) mass is 303 g/mol.